The highest BCUT2D eigenvalue weighted by molar-refractivity contribution is 5.91. The molecule has 2 heterocycles. The average molecular weight is 410 g/mol. The van der Waals surface area contributed by atoms with E-state index < -0.39 is 23.6 Å². The van der Waals surface area contributed by atoms with E-state index in [4.69, 9.17) is 15.2 Å². The fourth-order valence-electron chi connectivity index (χ4n) is 3.18. The van der Waals surface area contributed by atoms with Crippen molar-refractivity contribution in [1.82, 2.24) is 14.9 Å². The first kappa shape index (κ1) is 23.0. The van der Waals surface area contributed by atoms with Gasteiger partial charge in [-0.25, -0.2) is 4.79 Å². The fourth-order valence-corrected chi connectivity index (χ4v) is 3.18. The van der Waals surface area contributed by atoms with Gasteiger partial charge in [-0.3, -0.25) is 19.1 Å². The number of methoxy groups -OCH3 is 1. The quantitative estimate of drug-likeness (QED) is 0.283. The molecule has 162 valence electrons. The first-order valence-corrected chi connectivity index (χ1v) is 9.80. The second-order valence-electron chi connectivity index (χ2n) is 6.90. The van der Waals surface area contributed by atoms with Gasteiger partial charge < -0.3 is 25.6 Å². The SMILES string of the molecule is CO[C@@H]1C[C@H](n2cc(/C=C/C(=O)NCCCCCCN)c(=O)[nH]c2=O)OC1CO. The van der Waals surface area contributed by atoms with Crippen LogP contribution in [0.5, 0.6) is 0 Å². The molecule has 1 amide bonds. The first-order valence-electron chi connectivity index (χ1n) is 9.80. The maximum absolute atomic E-state index is 12.2. The summed E-state index contributed by atoms with van der Waals surface area (Å²) in [5.74, 6) is -0.321. The number of aliphatic hydroxyl groups excluding tert-OH is 1. The summed E-state index contributed by atoms with van der Waals surface area (Å²) in [4.78, 5) is 38.4. The average Bonchev–Trinajstić information content (AvgIpc) is 3.13. The van der Waals surface area contributed by atoms with E-state index in [9.17, 15) is 19.5 Å². The third kappa shape index (κ3) is 6.64. The Morgan fingerprint density at radius 1 is 1.41 bits per heavy atom. The Bertz CT molecular complexity index is 791. The van der Waals surface area contributed by atoms with Gasteiger partial charge in [0.2, 0.25) is 5.91 Å². The van der Waals surface area contributed by atoms with Crippen molar-refractivity contribution in [3.63, 3.8) is 0 Å². The molecule has 1 aliphatic rings. The van der Waals surface area contributed by atoms with Crippen molar-refractivity contribution < 1.29 is 19.4 Å². The third-order valence-electron chi connectivity index (χ3n) is 4.81. The van der Waals surface area contributed by atoms with E-state index in [2.05, 4.69) is 10.3 Å². The molecule has 0 radical (unpaired) electrons. The molecule has 29 heavy (non-hydrogen) atoms. The highest BCUT2D eigenvalue weighted by Gasteiger charge is 2.36. The molecule has 10 heteroatoms. The highest BCUT2D eigenvalue weighted by Crippen LogP contribution is 2.29. The standard InChI is InChI=1S/C19H30N4O6/c1-28-14-10-17(29-15(14)12-24)23-11-13(18(26)22-19(23)27)6-7-16(25)21-9-5-3-2-4-8-20/h6-7,11,14-15,17,24H,2-5,8-10,12,20H2,1H3,(H,21,25)(H,22,26,27)/b7-6+/t14-,15?,17-/m1/s1. The molecule has 1 saturated heterocycles. The Balaban J connectivity index is 2.00. The van der Waals surface area contributed by atoms with Gasteiger partial charge in [-0.15, -0.1) is 0 Å². The second kappa shape index (κ2) is 11.7. The van der Waals surface area contributed by atoms with Crippen LogP contribution in [0.15, 0.2) is 21.9 Å². The summed E-state index contributed by atoms with van der Waals surface area (Å²) in [5.41, 5.74) is 4.35. The molecule has 0 saturated carbocycles. The lowest BCUT2D eigenvalue weighted by Gasteiger charge is -2.15. The zero-order valence-corrected chi connectivity index (χ0v) is 16.6. The Kier molecular flexibility index (Phi) is 9.26. The minimum Gasteiger partial charge on any atom is -0.394 e. The first-order chi connectivity index (χ1) is 14.0. The molecule has 5 N–H and O–H groups in total. The number of nitrogens with two attached hydrogens (primary N) is 1. The number of nitrogens with one attached hydrogen (secondary N) is 2. The van der Waals surface area contributed by atoms with Gasteiger partial charge in [-0.05, 0) is 25.5 Å². The number of carbonyl (C=O) groups is 1. The van der Waals surface area contributed by atoms with Crippen LogP contribution in [0.3, 0.4) is 0 Å². The van der Waals surface area contributed by atoms with Crippen LogP contribution in [0.25, 0.3) is 6.08 Å². The smallest absolute Gasteiger partial charge is 0.330 e. The van der Waals surface area contributed by atoms with Crippen LogP contribution in [0.2, 0.25) is 0 Å². The maximum atomic E-state index is 12.2. The van der Waals surface area contributed by atoms with E-state index >= 15 is 0 Å². The molecular weight excluding hydrogens is 380 g/mol. The van der Waals surface area contributed by atoms with Crippen molar-refractivity contribution in [1.29, 1.82) is 0 Å². The number of hydrogen-bond donors (Lipinski definition) is 4. The van der Waals surface area contributed by atoms with E-state index in [0.717, 1.165) is 25.7 Å². The van der Waals surface area contributed by atoms with Crippen LogP contribution in [-0.4, -0.2) is 59.6 Å². The fraction of sp³-hybridized carbons (Fsp3) is 0.632. The summed E-state index contributed by atoms with van der Waals surface area (Å²) >= 11 is 0. The predicted octanol–water partition coefficient (Wildman–Crippen LogP) is -0.520. The summed E-state index contributed by atoms with van der Waals surface area (Å²) in [6.07, 6.45) is 6.55. The molecule has 10 nitrogen and oxygen atoms in total. The van der Waals surface area contributed by atoms with Crippen molar-refractivity contribution in [3.05, 3.63) is 38.7 Å². The van der Waals surface area contributed by atoms with Crippen molar-refractivity contribution in [2.24, 2.45) is 5.73 Å². The lowest BCUT2D eigenvalue weighted by atomic mass is 10.2. The summed E-state index contributed by atoms with van der Waals surface area (Å²) in [6.45, 7) is 0.969. The lowest BCUT2D eigenvalue weighted by molar-refractivity contribution is -0.116. The van der Waals surface area contributed by atoms with Gasteiger partial charge in [0.1, 0.15) is 12.3 Å². The topological polar surface area (TPSA) is 149 Å². The molecule has 1 aliphatic heterocycles. The number of carbonyl (C=O) groups excluding carboxylic acids is 1. The van der Waals surface area contributed by atoms with Crippen LogP contribution >= 0.6 is 0 Å². The summed E-state index contributed by atoms with van der Waals surface area (Å²) in [6, 6.07) is 0. The predicted molar refractivity (Wildman–Crippen MR) is 107 cm³/mol. The van der Waals surface area contributed by atoms with Crippen molar-refractivity contribution in [2.75, 3.05) is 26.8 Å². The Labute approximate surface area is 168 Å². The van der Waals surface area contributed by atoms with Crippen molar-refractivity contribution in [3.8, 4) is 0 Å². The highest BCUT2D eigenvalue weighted by atomic mass is 16.6. The molecule has 0 spiro atoms. The van der Waals surface area contributed by atoms with Crippen LogP contribution in [0, 0.1) is 0 Å². The van der Waals surface area contributed by atoms with E-state index in [-0.39, 0.29) is 24.2 Å². The number of unbranched alkanes of at least 4 members (excludes halogenated alkanes) is 3. The summed E-state index contributed by atoms with van der Waals surface area (Å²) in [7, 11) is 1.50. The lowest BCUT2D eigenvalue weighted by Crippen LogP contribution is -2.33. The van der Waals surface area contributed by atoms with E-state index in [1.165, 1.54) is 30.0 Å². The van der Waals surface area contributed by atoms with Crippen molar-refractivity contribution in [2.45, 2.75) is 50.5 Å². The monoisotopic (exact) mass is 410 g/mol. The van der Waals surface area contributed by atoms with Gasteiger partial charge in [0.15, 0.2) is 0 Å². The van der Waals surface area contributed by atoms with Crippen molar-refractivity contribution >= 4 is 12.0 Å². The number of ether oxygens (including phenoxy) is 2. The minimum absolute atomic E-state index is 0.146. The zero-order valence-electron chi connectivity index (χ0n) is 16.6. The number of hydrogen-bond acceptors (Lipinski definition) is 7. The molecule has 1 fully saturated rings. The maximum Gasteiger partial charge on any atom is 0.330 e. The molecule has 1 aromatic rings. The normalized spacial score (nSPS) is 21.7. The van der Waals surface area contributed by atoms with Gasteiger partial charge in [-0.1, -0.05) is 12.8 Å². The number of aliphatic hydroxyl groups is 1. The van der Waals surface area contributed by atoms with E-state index in [0.29, 0.717) is 19.5 Å². The molecule has 1 aromatic heterocycles. The summed E-state index contributed by atoms with van der Waals surface area (Å²) in [5, 5.41) is 12.1. The zero-order chi connectivity index (χ0) is 21.2. The Hall–Kier alpha value is -2.27. The number of rotatable bonds is 11. The van der Waals surface area contributed by atoms with E-state index in [1.807, 2.05) is 0 Å². The van der Waals surface area contributed by atoms with Crippen LogP contribution < -0.4 is 22.3 Å². The van der Waals surface area contributed by atoms with Crippen LogP contribution in [0.4, 0.5) is 0 Å². The van der Waals surface area contributed by atoms with Crippen LogP contribution in [-0.2, 0) is 14.3 Å². The van der Waals surface area contributed by atoms with E-state index in [1.54, 1.807) is 0 Å². The van der Waals surface area contributed by atoms with Crippen LogP contribution in [0.1, 0.15) is 43.9 Å². The minimum atomic E-state index is -0.684. The number of aromatic nitrogens is 2. The Morgan fingerprint density at radius 2 is 2.17 bits per heavy atom. The molecule has 0 bridgehead atoms. The molecule has 3 atom stereocenters. The molecule has 2 rings (SSSR count). The summed E-state index contributed by atoms with van der Waals surface area (Å²) < 4.78 is 12.1. The third-order valence-corrected chi connectivity index (χ3v) is 4.81. The molecule has 0 aromatic carbocycles. The number of nitrogens with zero attached hydrogens (tertiary/aromatic N) is 1. The Morgan fingerprint density at radius 3 is 2.83 bits per heavy atom. The largest absolute Gasteiger partial charge is 0.394 e. The van der Waals surface area contributed by atoms with Gasteiger partial charge >= 0.3 is 5.69 Å². The number of amides is 1. The van der Waals surface area contributed by atoms with Gasteiger partial charge in [0.25, 0.3) is 5.56 Å². The number of aromatic amines is 1. The second-order valence-corrected chi connectivity index (χ2v) is 6.90. The van der Waals surface area contributed by atoms with Gasteiger partial charge in [0.05, 0.1) is 18.3 Å². The molecule has 0 aliphatic carbocycles. The van der Waals surface area contributed by atoms with Gasteiger partial charge in [0, 0.05) is 32.3 Å². The number of H-pyrrole nitrogens is 1. The van der Waals surface area contributed by atoms with Gasteiger partial charge in [-0.2, -0.15) is 0 Å². The molecular formula is C19H30N4O6. The molecule has 1 unspecified atom stereocenters.